The van der Waals surface area contributed by atoms with E-state index in [1.54, 1.807) is 49.4 Å². The molecule has 0 aromatic heterocycles. The molecule has 5 nitrogen and oxygen atoms in total. The van der Waals surface area contributed by atoms with Crippen molar-refractivity contribution in [2.75, 3.05) is 10.8 Å². The maximum atomic E-state index is 13.5. The monoisotopic (exact) mass is 456 g/mol. The first kappa shape index (κ1) is 22.8. The molecule has 0 bridgehead atoms. The first-order chi connectivity index (χ1) is 14.7. The lowest BCUT2D eigenvalue weighted by Crippen LogP contribution is -2.41. The molecule has 0 aliphatic heterocycles. The molecule has 0 aliphatic carbocycles. The summed E-state index contributed by atoms with van der Waals surface area (Å²) in [5.41, 5.74) is 2.95. The van der Waals surface area contributed by atoms with Crippen molar-refractivity contribution < 1.29 is 13.2 Å². The largest absolute Gasteiger partial charge is 0.348 e. The summed E-state index contributed by atoms with van der Waals surface area (Å²) in [5.74, 6) is -0.401. The Balaban J connectivity index is 1.94. The summed E-state index contributed by atoms with van der Waals surface area (Å²) in [6.45, 7) is 5.16. The van der Waals surface area contributed by atoms with Crippen molar-refractivity contribution >= 4 is 33.2 Å². The highest BCUT2D eigenvalue weighted by atomic mass is 35.5. The van der Waals surface area contributed by atoms with Crippen molar-refractivity contribution in [2.24, 2.45) is 0 Å². The van der Waals surface area contributed by atoms with Gasteiger partial charge >= 0.3 is 0 Å². The number of sulfonamides is 1. The molecule has 0 heterocycles. The fourth-order valence-electron chi connectivity index (χ4n) is 3.28. The minimum absolute atomic E-state index is 0.122. The molecule has 0 aliphatic rings. The maximum absolute atomic E-state index is 13.5. The van der Waals surface area contributed by atoms with Crippen LogP contribution in [0.25, 0.3) is 0 Å². The summed E-state index contributed by atoms with van der Waals surface area (Å²) < 4.78 is 28.1. The number of nitrogens with zero attached hydrogens (tertiary/aromatic N) is 1. The Labute approximate surface area is 188 Å². The number of carbonyl (C=O) groups is 1. The Morgan fingerprint density at radius 2 is 1.65 bits per heavy atom. The second-order valence-corrected chi connectivity index (χ2v) is 9.75. The topological polar surface area (TPSA) is 66.5 Å². The molecule has 0 spiro atoms. The number of hydrogen-bond donors (Lipinski definition) is 1. The van der Waals surface area contributed by atoms with Gasteiger partial charge in [0, 0.05) is 5.02 Å². The van der Waals surface area contributed by atoms with Crippen LogP contribution >= 0.6 is 11.6 Å². The van der Waals surface area contributed by atoms with E-state index in [4.69, 9.17) is 11.6 Å². The summed E-state index contributed by atoms with van der Waals surface area (Å²) in [6, 6.07) is 20.7. The average Bonchev–Trinajstić information content (AvgIpc) is 2.73. The molecule has 7 heteroatoms. The molecule has 3 aromatic carbocycles. The molecule has 0 unspecified atom stereocenters. The number of hydrogen-bond acceptors (Lipinski definition) is 3. The van der Waals surface area contributed by atoms with Gasteiger partial charge in [-0.1, -0.05) is 59.6 Å². The van der Waals surface area contributed by atoms with Crippen molar-refractivity contribution in [1.82, 2.24) is 5.32 Å². The standard InChI is InChI=1S/C24H25ClN2O3S/c1-17-9-12-22(13-10-17)31(29,30)27(23-14-11-21(25)15-18(23)2)16-24(28)26-19(3)20-7-5-4-6-8-20/h4-15,19H,16H2,1-3H3,(H,26,28)/t19-/m1/s1. The number of halogens is 1. The molecule has 1 atom stereocenters. The van der Waals surface area contributed by atoms with Gasteiger partial charge in [-0.15, -0.1) is 0 Å². The Morgan fingerprint density at radius 1 is 1.00 bits per heavy atom. The predicted molar refractivity (Wildman–Crippen MR) is 125 cm³/mol. The van der Waals surface area contributed by atoms with Gasteiger partial charge < -0.3 is 5.32 Å². The Morgan fingerprint density at radius 3 is 2.26 bits per heavy atom. The molecular formula is C24H25ClN2O3S. The lowest BCUT2D eigenvalue weighted by molar-refractivity contribution is -0.120. The van der Waals surface area contributed by atoms with Crippen molar-refractivity contribution in [3.63, 3.8) is 0 Å². The molecule has 31 heavy (non-hydrogen) atoms. The third-order valence-corrected chi connectivity index (χ3v) is 7.01. The van der Waals surface area contributed by atoms with E-state index in [2.05, 4.69) is 5.32 Å². The minimum Gasteiger partial charge on any atom is -0.348 e. The number of carbonyl (C=O) groups excluding carboxylic acids is 1. The Kier molecular flexibility index (Phi) is 7.03. The highest BCUT2D eigenvalue weighted by Crippen LogP contribution is 2.29. The third kappa shape index (κ3) is 5.46. The van der Waals surface area contributed by atoms with E-state index >= 15 is 0 Å². The van der Waals surface area contributed by atoms with Gasteiger partial charge in [-0.05, 0) is 62.2 Å². The lowest BCUT2D eigenvalue weighted by atomic mass is 10.1. The highest BCUT2D eigenvalue weighted by Gasteiger charge is 2.28. The van der Waals surface area contributed by atoms with Gasteiger partial charge in [-0.25, -0.2) is 8.42 Å². The first-order valence-corrected chi connectivity index (χ1v) is 11.7. The summed E-state index contributed by atoms with van der Waals surface area (Å²) in [5, 5.41) is 3.39. The molecule has 0 radical (unpaired) electrons. The highest BCUT2D eigenvalue weighted by molar-refractivity contribution is 7.92. The zero-order valence-electron chi connectivity index (χ0n) is 17.7. The van der Waals surface area contributed by atoms with Crippen molar-refractivity contribution in [1.29, 1.82) is 0 Å². The van der Waals surface area contributed by atoms with Crippen LogP contribution in [0.3, 0.4) is 0 Å². The molecule has 1 amide bonds. The average molecular weight is 457 g/mol. The normalized spacial score (nSPS) is 12.3. The van der Waals surface area contributed by atoms with E-state index in [0.717, 1.165) is 15.4 Å². The van der Waals surface area contributed by atoms with Crippen LogP contribution in [0.1, 0.15) is 29.7 Å². The molecule has 3 rings (SSSR count). The Bertz CT molecular complexity index is 1160. The number of anilines is 1. The van der Waals surface area contributed by atoms with Gasteiger partial charge in [-0.3, -0.25) is 9.10 Å². The van der Waals surface area contributed by atoms with Crippen molar-refractivity contribution in [3.05, 3.63) is 94.5 Å². The quantitative estimate of drug-likeness (QED) is 0.542. The van der Waals surface area contributed by atoms with Crippen LogP contribution in [0.15, 0.2) is 77.7 Å². The molecular weight excluding hydrogens is 432 g/mol. The SMILES string of the molecule is Cc1ccc(S(=O)(=O)N(CC(=O)N[C@H](C)c2ccccc2)c2ccc(Cl)cc2C)cc1. The van der Waals surface area contributed by atoms with E-state index in [1.807, 2.05) is 44.2 Å². The maximum Gasteiger partial charge on any atom is 0.264 e. The summed E-state index contributed by atoms with van der Waals surface area (Å²) in [4.78, 5) is 13.0. The zero-order valence-corrected chi connectivity index (χ0v) is 19.2. The number of benzene rings is 3. The van der Waals surface area contributed by atoms with E-state index in [-0.39, 0.29) is 17.5 Å². The van der Waals surface area contributed by atoms with Crippen LogP contribution in [0.2, 0.25) is 5.02 Å². The molecule has 3 aromatic rings. The molecule has 162 valence electrons. The minimum atomic E-state index is -3.97. The fraction of sp³-hybridized carbons (Fsp3) is 0.208. The van der Waals surface area contributed by atoms with Gasteiger partial charge in [0.2, 0.25) is 5.91 Å². The zero-order chi connectivity index (χ0) is 22.6. The molecule has 0 fully saturated rings. The van der Waals surface area contributed by atoms with Crippen LogP contribution in [-0.2, 0) is 14.8 Å². The number of aryl methyl sites for hydroxylation is 2. The van der Waals surface area contributed by atoms with Crippen molar-refractivity contribution in [2.45, 2.75) is 31.7 Å². The van der Waals surface area contributed by atoms with Gasteiger partial charge in [0.25, 0.3) is 10.0 Å². The van der Waals surface area contributed by atoms with Gasteiger partial charge in [0.1, 0.15) is 6.54 Å². The van der Waals surface area contributed by atoms with E-state index < -0.39 is 15.9 Å². The lowest BCUT2D eigenvalue weighted by Gasteiger charge is -2.26. The van der Waals surface area contributed by atoms with Gasteiger partial charge in [-0.2, -0.15) is 0 Å². The van der Waals surface area contributed by atoms with Crippen LogP contribution < -0.4 is 9.62 Å². The van der Waals surface area contributed by atoms with Crippen LogP contribution in [0, 0.1) is 13.8 Å². The second kappa shape index (κ2) is 9.54. The predicted octanol–water partition coefficient (Wildman–Crippen LogP) is 5.03. The second-order valence-electron chi connectivity index (χ2n) is 7.46. The van der Waals surface area contributed by atoms with Crippen LogP contribution in [0.4, 0.5) is 5.69 Å². The molecule has 1 N–H and O–H groups in total. The third-order valence-electron chi connectivity index (χ3n) is 5.00. The van der Waals surface area contributed by atoms with E-state index in [0.29, 0.717) is 16.3 Å². The van der Waals surface area contributed by atoms with Crippen LogP contribution in [0.5, 0.6) is 0 Å². The number of rotatable bonds is 7. The van der Waals surface area contributed by atoms with Crippen LogP contribution in [-0.4, -0.2) is 20.9 Å². The van der Waals surface area contributed by atoms with Crippen molar-refractivity contribution in [3.8, 4) is 0 Å². The van der Waals surface area contributed by atoms with Gasteiger partial charge in [0.05, 0.1) is 16.6 Å². The van der Waals surface area contributed by atoms with E-state index in [9.17, 15) is 13.2 Å². The molecule has 0 saturated carbocycles. The summed E-state index contributed by atoms with van der Waals surface area (Å²) in [6.07, 6.45) is 0. The number of amides is 1. The summed E-state index contributed by atoms with van der Waals surface area (Å²) >= 11 is 6.07. The number of nitrogens with one attached hydrogen (secondary N) is 1. The van der Waals surface area contributed by atoms with Gasteiger partial charge in [0.15, 0.2) is 0 Å². The van der Waals surface area contributed by atoms with E-state index in [1.165, 1.54) is 0 Å². The summed E-state index contributed by atoms with van der Waals surface area (Å²) in [7, 11) is -3.97. The Hall–Kier alpha value is -2.83. The first-order valence-electron chi connectivity index (χ1n) is 9.88. The molecule has 0 saturated heterocycles. The smallest absolute Gasteiger partial charge is 0.264 e. The fourth-order valence-corrected chi connectivity index (χ4v) is 4.99.